The van der Waals surface area contributed by atoms with E-state index in [-0.39, 0.29) is 0 Å². The van der Waals surface area contributed by atoms with Crippen LogP contribution in [0, 0.1) is 0 Å². The topological polar surface area (TPSA) is 37.2 Å². The zero-order valence-corrected chi connectivity index (χ0v) is 10.3. The Hall–Kier alpha value is -1.32. The van der Waals surface area contributed by atoms with Crippen LogP contribution in [0.15, 0.2) is 34.9 Å². The average Bonchev–Trinajstić information content (AvgIpc) is 2.77. The molecule has 0 unspecified atom stereocenters. The van der Waals surface area contributed by atoms with Gasteiger partial charge in [0.2, 0.25) is 0 Å². The number of hydrogen-bond acceptors (Lipinski definition) is 3. The lowest BCUT2D eigenvalue weighted by Gasteiger charge is -2.03. The quantitative estimate of drug-likeness (QED) is 0.718. The second kappa shape index (κ2) is 6.42. The van der Waals surface area contributed by atoms with Gasteiger partial charge >= 0.3 is 0 Å². The summed E-state index contributed by atoms with van der Waals surface area (Å²) in [5.41, 5.74) is 2.28. The highest BCUT2D eigenvalue weighted by Crippen LogP contribution is 2.20. The van der Waals surface area contributed by atoms with Crippen LogP contribution in [0.4, 0.5) is 0 Å². The molecule has 2 N–H and O–H groups in total. The zero-order chi connectivity index (χ0) is 11.9. The maximum atomic E-state index is 5.51. The monoisotopic (exact) mass is 232 g/mol. The first-order valence-corrected chi connectivity index (χ1v) is 6.22. The summed E-state index contributed by atoms with van der Waals surface area (Å²) < 4.78 is 5.51. The molecule has 1 aromatic carbocycles. The predicted octanol–water partition coefficient (Wildman–Crippen LogP) is 2.17. The maximum absolute atomic E-state index is 5.51. The van der Waals surface area contributed by atoms with Crippen molar-refractivity contribution < 1.29 is 4.42 Å². The molecule has 0 atom stereocenters. The molecule has 0 spiro atoms. The normalized spacial score (nSPS) is 11.1. The molecule has 2 rings (SSSR count). The molecule has 0 saturated carbocycles. The van der Waals surface area contributed by atoms with Crippen molar-refractivity contribution in [3.8, 4) is 0 Å². The number of nitrogens with one attached hydrogen (secondary N) is 2. The second-order valence-electron chi connectivity index (χ2n) is 4.21. The third kappa shape index (κ3) is 3.32. The molecule has 92 valence electrons. The SMILES string of the molecule is CNCCCNCCc1coc2ccccc12. The largest absolute Gasteiger partial charge is 0.464 e. The van der Waals surface area contributed by atoms with Crippen molar-refractivity contribution in [1.29, 1.82) is 0 Å². The van der Waals surface area contributed by atoms with E-state index >= 15 is 0 Å². The zero-order valence-electron chi connectivity index (χ0n) is 10.3. The van der Waals surface area contributed by atoms with Crippen LogP contribution >= 0.6 is 0 Å². The van der Waals surface area contributed by atoms with Gasteiger partial charge in [-0.1, -0.05) is 18.2 Å². The van der Waals surface area contributed by atoms with E-state index in [4.69, 9.17) is 4.42 Å². The van der Waals surface area contributed by atoms with Crippen molar-refractivity contribution in [3.63, 3.8) is 0 Å². The van der Waals surface area contributed by atoms with Gasteiger partial charge in [-0.3, -0.25) is 0 Å². The summed E-state index contributed by atoms with van der Waals surface area (Å²) in [6.45, 7) is 3.14. The minimum Gasteiger partial charge on any atom is -0.464 e. The van der Waals surface area contributed by atoms with E-state index < -0.39 is 0 Å². The van der Waals surface area contributed by atoms with Crippen LogP contribution in [0.5, 0.6) is 0 Å². The van der Waals surface area contributed by atoms with Gasteiger partial charge in [-0.25, -0.2) is 0 Å². The molecule has 0 amide bonds. The fraction of sp³-hybridized carbons (Fsp3) is 0.429. The molecule has 0 aliphatic rings. The number of benzene rings is 1. The Morgan fingerprint density at radius 3 is 2.88 bits per heavy atom. The Morgan fingerprint density at radius 2 is 2.00 bits per heavy atom. The van der Waals surface area contributed by atoms with Crippen molar-refractivity contribution in [1.82, 2.24) is 10.6 Å². The molecular weight excluding hydrogens is 212 g/mol. The van der Waals surface area contributed by atoms with E-state index in [0.29, 0.717) is 0 Å². The summed E-state index contributed by atoms with van der Waals surface area (Å²) in [6.07, 6.45) is 4.07. The van der Waals surface area contributed by atoms with Gasteiger partial charge in [-0.05, 0) is 51.2 Å². The van der Waals surface area contributed by atoms with Crippen molar-refractivity contribution in [3.05, 3.63) is 36.1 Å². The van der Waals surface area contributed by atoms with E-state index in [1.807, 2.05) is 25.4 Å². The van der Waals surface area contributed by atoms with E-state index in [2.05, 4.69) is 22.8 Å². The first-order valence-electron chi connectivity index (χ1n) is 6.22. The average molecular weight is 232 g/mol. The van der Waals surface area contributed by atoms with Crippen LogP contribution in [-0.2, 0) is 6.42 Å². The summed E-state index contributed by atoms with van der Waals surface area (Å²) in [5, 5.41) is 7.82. The molecule has 0 aliphatic carbocycles. The van der Waals surface area contributed by atoms with Gasteiger partial charge in [0.25, 0.3) is 0 Å². The van der Waals surface area contributed by atoms with Crippen LogP contribution in [0.1, 0.15) is 12.0 Å². The number of rotatable bonds is 7. The summed E-state index contributed by atoms with van der Waals surface area (Å²) in [4.78, 5) is 0. The number of furan rings is 1. The van der Waals surface area contributed by atoms with E-state index in [1.54, 1.807) is 0 Å². The Kier molecular flexibility index (Phi) is 4.59. The molecular formula is C14H20N2O. The van der Waals surface area contributed by atoms with Crippen molar-refractivity contribution in [2.45, 2.75) is 12.8 Å². The highest BCUT2D eigenvalue weighted by molar-refractivity contribution is 5.80. The molecule has 0 radical (unpaired) electrons. The van der Waals surface area contributed by atoms with Gasteiger partial charge < -0.3 is 15.1 Å². The lowest BCUT2D eigenvalue weighted by atomic mass is 10.1. The Bertz CT molecular complexity index is 450. The van der Waals surface area contributed by atoms with Gasteiger partial charge in [-0.15, -0.1) is 0 Å². The van der Waals surface area contributed by atoms with Crippen LogP contribution < -0.4 is 10.6 Å². The molecule has 0 fully saturated rings. The summed E-state index contributed by atoms with van der Waals surface area (Å²) in [7, 11) is 1.98. The highest BCUT2D eigenvalue weighted by atomic mass is 16.3. The molecule has 0 saturated heterocycles. The van der Waals surface area contributed by atoms with E-state index in [1.165, 1.54) is 17.4 Å². The number of hydrogen-bond donors (Lipinski definition) is 2. The van der Waals surface area contributed by atoms with Gasteiger partial charge in [0, 0.05) is 5.39 Å². The summed E-state index contributed by atoms with van der Waals surface area (Å²) in [6, 6.07) is 8.20. The van der Waals surface area contributed by atoms with Crippen molar-refractivity contribution >= 4 is 11.0 Å². The second-order valence-corrected chi connectivity index (χ2v) is 4.21. The molecule has 0 aliphatic heterocycles. The molecule has 1 heterocycles. The van der Waals surface area contributed by atoms with Gasteiger partial charge in [0.05, 0.1) is 6.26 Å². The van der Waals surface area contributed by atoms with Crippen LogP contribution in [0.25, 0.3) is 11.0 Å². The van der Waals surface area contributed by atoms with E-state index in [0.717, 1.165) is 31.6 Å². The Labute approximate surface area is 102 Å². The minimum atomic E-state index is 0.984. The fourth-order valence-corrected chi connectivity index (χ4v) is 1.96. The third-order valence-corrected chi connectivity index (χ3v) is 2.91. The number of para-hydroxylation sites is 1. The lowest BCUT2D eigenvalue weighted by Crippen LogP contribution is -2.21. The van der Waals surface area contributed by atoms with Crippen LogP contribution in [-0.4, -0.2) is 26.7 Å². The first-order chi connectivity index (χ1) is 8.42. The minimum absolute atomic E-state index is 0.984. The molecule has 3 heteroatoms. The highest BCUT2D eigenvalue weighted by Gasteiger charge is 2.03. The molecule has 0 bridgehead atoms. The predicted molar refractivity (Wildman–Crippen MR) is 71.3 cm³/mol. The van der Waals surface area contributed by atoms with Crippen LogP contribution in [0.3, 0.4) is 0 Å². The number of fused-ring (bicyclic) bond motifs is 1. The van der Waals surface area contributed by atoms with Gasteiger partial charge in [0.15, 0.2) is 0 Å². The smallest absolute Gasteiger partial charge is 0.134 e. The van der Waals surface area contributed by atoms with Crippen molar-refractivity contribution in [2.75, 3.05) is 26.7 Å². The maximum Gasteiger partial charge on any atom is 0.134 e. The van der Waals surface area contributed by atoms with Gasteiger partial charge in [-0.2, -0.15) is 0 Å². The van der Waals surface area contributed by atoms with E-state index in [9.17, 15) is 0 Å². The van der Waals surface area contributed by atoms with Gasteiger partial charge in [0.1, 0.15) is 5.58 Å². The molecule has 2 aromatic rings. The molecule has 17 heavy (non-hydrogen) atoms. The lowest BCUT2D eigenvalue weighted by molar-refractivity contribution is 0.600. The van der Waals surface area contributed by atoms with Crippen LogP contribution in [0.2, 0.25) is 0 Å². The Balaban J connectivity index is 1.79. The fourth-order valence-electron chi connectivity index (χ4n) is 1.96. The summed E-state index contributed by atoms with van der Waals surface area (Å²) >= 11 is 0. The molecule has 1 aromatic heterocycles. The van der Waals surface area contributed by atoms with Crippen molar-refractivity contribution in [2.24, 2.45) is 0 Å². The standard InChI is InChI=1S/C14H20N2O/c1-15-8-4-9-16-10-7-12-11-17-14-6-3-2-5-13(12)14/h2-3,5-6,11,15-16H,4,7-10H2,1H3. The summed E-state index contributed by atoms with van der Waals surface area (Å²) in [5.74, 6) is 0. The third-order valence-electron chi connectivity index (χ3n) is 2.91. The molecule has 3 nitrogen and oxygen atoms in total. The first kappa shape index (κ1) is 12.1. The Morgan fingerprint density at radius 1 is 1.12 bits per heavy atom.